The first-order valence-corrected chi connectivity index (χ1v) is 6.88. The molecule has 0 aliphatic carbocycles. The Balaban J connectivity index is 2.27. The van der Waals surface area contributed by atoms with Crippen LogP contribution in [-0.4, -0.2) is 19.3 Å². The molecule has 4 heteroatoms. The van der Waals surface area contributed by atoms with Gasteiger partial charge in [0.05, 0.1) is 4.58 Å². The summed E-state index contributed by atoms with van der Waals surface area (Å²) in [6.07, 6.45) is 4.23. The maximum Gasteiger partial charge on any atom is 0.231 e. The lowest BCUT2D eigenvalue weighted by molar-refractivity contribution is 0.174. The molecule has 0 amide bonds. The Labute approximate surface area is 92.4 Å². The average Bonchev–Trinajstić information content (AvgIpc) is 2.66. The summed E-state index contributed by atoms with van der Waals surface area (Å²) in [5, 5.41) is 0. The van der Waals surface area contributed by atoms with Gasteiger partial charge in [0.15, 0.2) is 11.5 Å². The van der Waals surface area contributed by atoms with E-state index >= 15 is 0 Å². The number of rotatable bonds is 3. The van der Waals surface area contributed by atoms with Crippen molar-refractivity contribution in [1.29, 1.82) is 0 Å². The van der Waals surface area contributed by atoms with Gasteiger partial charge < -0.3 is 9.47 Å². The molecule has 2 nitrogen and oxygen atoms in total. The second-order valence-electron chi connectivity index (χ2n) is 2.92. The smallest absolute Gasteiger partial charge is 0.231 e. The Morgan fingerprint density at radius 2 is 1.86 bits per heavy atom. The maximum atomic E-state index is 5.34. The first kappa shape index (κ1) is 10.1. The molecule has 0 N–H and O–H groups in total. The van der Waals surface area contributed by atoms with E-state index in [1.807, 2.05) is 29.6 Å². The SMILES string of the molecule is CSC(SC)c1ccc2c(c1)OCO2. The quantitative estimate of drug-likeness (QED) is 0.739. The van der Waals surface area contributed by atoms with Crippen molar-refractivity contribution in [2.24, 2.45) is 0 Å². The molecule has 1 aliphatic rings. The van der Waals surface area contributed by atoms with Gasteiger partial charge in [-0.3, -0.25) is 0 Å². The summed E-state index contributed by atoms with van der Waals surface area (Å²) < 4.78 is 11.1. The molecule has 1 aromatic rings. The van der Waals surface area contributed by atoms with Crippen molar-refractivity contribution < 1.29 is 9.47 Å². The maximum absolute atomic E-state index is 5.34. The molecule has 1 heterocycles. The topological polar surface area (TPSA) is 18.5 Å². The van der Waals surface area contributed by atoms with Crippen LogP contribution in [0.1, 0.15) is 10.1 Å². The number of hydrogen-bond donors (Lipinski definition) is 0. The lowest BCUT2D eigenvalue weighted by Gasteiger charge is -2.11. The van der Waals surface area contributed by atoms with E-state index in [2.05, 4.69) is 24.6 Å². The van der Waals surface area contributed by atoms with Crippen LogP contribution in [0.5, 0.6) is 11.5 Å². The van der Waals surface area contributed by atoms with Crippen LogP contribution >= 0.6 is 23.5 Å². The molecule has 0 saturated carbocycles. The van der Waals surface area contributed by atoms with Crippen LogP contribution in [0.25, 0.3) is 0 Å². The van der Waals surface area contributed by atoms with Crippen LogP contribution in [0.2, 0.25) is 0 Å². The third-order valence-corrected chi connectivity index (χ3v) is 4.65. The van der Waals surface area contributed by atoms with Gasteiger partial charge in [-0.2, -0.15) is 0 Å². The van der Waals surface area contributed by atoms with E-state index < -0.39 is 0 Å². The monoisotopic (exact) mass is 228 g/mol. The number of fused-ring (bicyclic) bond motifs is 1. The lowest BCUT2D eigenvalue weighted by Crippen LogP contribution is -1.93. The molecule has 0 aromatic heterocycles. The standard InChI is InChI=1S/C10H12O2S2/c1-13-10(14-2)7-3-4-8-9(5-7)12-6-11-8/h3-5,10H,6H2,1-2H3. The summed E-state index contributed by atoms with van der Waals surface area (Å²) >= 11 is 3.67. The Bertz CT molecular complexity index is 324. The van der Waals surface area contributed by atoms with Crippen LogP contribution in [0.3, 0.4) is 0 Å². The van der Waals surface area contributed by atoms with Crippen molar-refractivity contribution in [2.75, 3.05) is 19.3 Å². The van der Waals surface area contributed by atoms with Crippen molar-refractivity contribution in [3.05, 3.63) is 23.8 Å². The van der Waals surface area contributed by atoms with Gasteiger partial charge in [0, 0.05) is 0 Å². The predicted molar refractivity (Wildman–Crippen MR) is 62.3 cm³/mol. The number of ether oxygens (including phenoxy) is 2. The van der Waals surface area contributed by atoms with Gasteiger partial charge in [-0.1, -0.05) is 6.07 Å². The van der Waals surface area contributed by atoms with Crippen LogP contribution < -0.4 is 9.47 Å². The van der Waals surface area contributed by atoms with E-state index in [1.165, 1.54) is 5.56 Å². The summed E-state index contributed by atoms with van der Waals surface area (Å²) in [5.41, 5.74) is 1.29. The molecule has 0 saturated heterocycles. The molecular weight excluding hydrogens is 216 g/mol. The van der Waals surface area contributed by atoms with Crippen LogP contribution in [0.4, 0.5) is 0 Å². The second-order valence-corrected chi connectivity index (χ2v) is 5.10. The van der Waals surface area contributed by atoms with Gasteiger partial charge in [-0.05, 0) is 30.2 Å². The predicted octanol–water partition coefficient (Wildman–Crippen LogP) is 3.14. The van der Waals surface area contributed by atoms with Gasteiger partial charge in [-0.25, -0.2) is 0 Å². The molecule has 2 rings (SSSR count). The molecule has 0 unspecified atom stereocenters. The van der Waals surface area contributed by atoms with E-state index in [4.69, 9.17) is 9.47 Å². The van der Waals surface area contributed by atoms with Crippen molar-refractivity contribution >= 4 is 23.5 Å². The van der Waals surface area contributed by atoms with Crippen LogP contribution in [-0.2, 0) is 0 Å². The van der Waals surface area contributed by atoms with Crippen molar-refractivity contribution in [2.45, 2.75) is 4.58 Å². The Morgan fingerprint density at radius 1 is 1.14 bits per heavy atom. The van der Waals surface area contributed by atoms with Gasteiger partial charge in [0.1, 0.15) is 0 Å². The van der Waals surface area contributed by atoms with Crippen LogP contribution in [0, 0.1) is 0 Å². The molecule has 0 bridgehead atoms. The minimum Gasteiger partial charge on any atom is -0.454 e. The average molecular weight is 228 g/mol. The van der Waals surface area contributed by atoms with E-state index in [0.29, 0.717) is 11.4 Å². The van der Waals surface area contributed by atoms with Gasteiger partial charge in [0.2, 0.25) is 6.79 Å². The third-order valence-electron chi connectivity index (χ3n) is 2.10. The van der Waals surface area contributed by atoms with Crippen molar-refractivity contribution in [3.63, 3.8) is 0 Å². The Morgan fingerprint density at radius 3 is 2.57 bits per heavy atom. The van der Waals surface area contributed by atoms with E-state index in [0.717, 1.165) is 11.5 Å². The molecule has 1 aliphatic heterocycles. The highest BCUT2D eigenvalue weighted by Gasteiger charge is 2.16. The van der Waals surface area contributed by atoms with Gasteiger partial charge in [0.25, 0.3) is 0 Å². The second kappa shape index (κ2) is 4.36. The molecule has 0 fully saturated rings. The Kier molecular flexibility index (Phi) is 3.13. The minimum absolute atomic E-state index is 0.349. The fourth-order valence-corrected chi connectivity index (χ4v) is 3.04. The summed E-state index contributed by atoms with van der Waals surface area (Å²) in [6.45, 7) is 0.349. The summed E-state index contributed by atoms with van der Waals surface area (Å²) in [6, 6.07) is 6.16. The zero-order valence-electron chi connectivity index (χ0n) is 8.15. The van der Waals surface area contributed by atoms with Gasteiger partial charge >= 0.3 is 0 Å². The van der Waals surface area contributed by atoms with E-state index in [-0.39, 0.29) is 0 Å². The van der Waals surface area contributed by atoms with Crippen LogP contribution in [0.15, 0.2) is 18.2 Å². The van der Waals surface area contributed by atoms with E-state index in [1.54, 1.807) is 0 Å². The zero-order chi connectivity index (χ0) is 9.97. The largest absolute Gasteiger partial charge is 0.454 e. The number of hydrogen-bond acceptors (Lipinski definition) is 4. The minimum atomic E-state index is 0.349. The molecule has 0 atom stereocenters. The fourth-order valence-electron chi connectivity index (χ4n) is 1.43. The molecule has 1 aromatic carbocycles. The summed E-state index contributed by atoms with van der Waals surface area (Å²) in [4.78, 5) is 0. The number of thioether (sulfide) groups is 2. The lowest BCUT2D eigenvalue weighted by atomic mass is 10.2. The first-order chi connectivity index (χ1) is 6.85. The highest BCUT2D eigenvalue weighted by atomic mass is 32.2. The number of benzene rings is 1. The molecular formula is C10H12O2S2. The zero-order valence-corrected chi connectivity index (χ0v) is 9.78. The fraction of sp³-hybridized carbons (Fsp3) is 0.400. The van der Waals surface area contributed by atoms with Crippen molar-refractivity contribution in [1.82, 2.24) is 0 Å². The third kappa shape index (κ3) is 1.81. The molecule has 14 heavy (non-hydrogen) atoms. The summed E-state index contributed by atoms with van der Waals surface area (Å²) in [7, 11) is 0. The first-order valence-electron chi connectivity index (χ1n) is 4.30. The highest BCUT2D eigenvalue weighted by Crippen LogP contribution is 2.41. The normalized spacial score (nSPS) is 13.6. The van der Waals surface area contributed by atoms with Gasteiger partial charge in [-0.15, -0.1) is 23.5 Å². The molecule has 0 radical (unpaired) electrons. The summed E-state index contributed by atoms with van der Waals surface area (Å²) in [5.74, 6) is 1.73. The van der Waals surface area contributed by atoms with E-state index in [9.17, 15) is 0 Å². The molecule has 0 spiro atoms. The molecule has 76 valence electrons. The highest BCUT2D eigenvalue weighted by molar-refractivity contribution is 8.15. The van der Waals surface area contributed by atoms with Crippen molar-refractivity contribution in [3.8, 4) is 11.5 Å². The Hall–Kier alpha value is -0.480.